The van der Waals surface area contributed by atoms with Crippen LogP contribution in [0.5, 0.6) is 0 Å². The number of nitrogens with one attached hydrogen (secondary N) is 2. The third-order valence-electron chi connectivity index (χ3n) is 2.94. The molecule has 1 heterocycles. The summed E-state index contributed by atoms with van der Waals surface area (Å²) in [6, 6.07) is 9.09. The van der Waals surface area contributed by atoms with Crippen molar-refractivity contribution in [3.8, 4) is 0 Å². The largest absolute Gasteiger partial charge is 0.462 e. The molecule has 0 aliphatic heterocycles. The third kappa shape index (κ3) is 4.92. The second-order valence-electron chi connectivity index (χ2n) is 4.62. The quantitative estimate of drug-likeness (QED) is 0.577. The molecule has 0 fully saturated rings. The van der Waals surface area contributed by atoms with E-state index in [9.17, 15) is 4.79 Å². The van der Waals surface area contributed by atoms with Gasteiger partial charge in [-0.25, -0.2) is 4.79 Å². The number of rotatable bonds is 5. The van der Waals surface area contributed by atoms with Gasteiger partial charge in [0.1, 0.15) is 5.00 Å². The molecule has 0 unspecified atom stereocenters. The van der Waals surface area contributed by atoms with Gasteiger partial charge in [0, 0.05) is 15.6 Å². The maximum atomic E-state index is 12.0. The van der Waals surface area contributed by atoms with Crippen molar-refractivity contribution in [3.63, 3.8) is 0 Å². The summed E-state index contributed by atoms with van der Waals surface area (Å²) in [7, 11) is 0. The van der Waals surface area contributed by atoms with E-state index < -0.39 is 0 Å². The lowest BCUT2D eigenvalue weighted by atomic mass is 10.2. The molecule has 122 valence electrons. The fourth-order valence-electron chi connectivity index (χ4n) is 1.90. The Morgan fingerprint density at radius 1 is 1.30 bits per heavy atom. The molecular weight excluding hydrogens is 352 g/mol. The first-order valence-electron chi connectivity index (χ1n) is 7.16. The number of hydrogen-bond donors (Lipinski definition) is 2. The molecule has 1 aromatic heterocycles. The van der Waals surface area contributed by atoms with Gasteiger partial charge in [-0.2, -0.15) is 0 Å². The van der Waals surface area contributed by atoms with Crippen molar-refractivity contribution in [2.45, 2.75) is 20.3 Å². The minimum absolute atomic E-state index is 0.334. The van der Waals surface area contributed by atoms with Crippen LogP contribution in [0.15, 0.2) is 30.3 Å². The van der Waals surface area contributed by atoms with E-state index in [2.05, 4.69) is 10.6 Å². The van der Waals surface area contributed by atoms with Gasteiger partial charge in [0.05, 0.1) is 12.2 Å². The van der Waals surface area contributed by atoms with Gasteiger partial charge in [-0.05, 0) is 49.8 Å². The summed E-state index contributed by atoms with van der Waals surface area (Å²) in [4.78, 5) is 13.1. The van der Waals surface area contributed by atoms with Crippen LogP contribution in [0.3, 0.4) is 0 Å². The van der Waals surface area contributed by atoms with Crippen LogP contribution in [0.2, 0.25) is 5.02 Å². The topological polar surface area (TPSA) is 50.4 Å². The molecule has 1 aromatic carbocycles. The normalized spacial score (nSPS) is 10.2. The summed E-state index contributed by atoms with van der Waals surface area (Å²) < 4.78 is 5.09. The average Bonchev–Trinajstić information content (AvgIpc) is 2.90. The molecule has 0 saturated heterocycles. The van der Waals surface area contributed by atoms with Gasteiger partial charge in [0.2, 0.25) is 0 Å². The Labute approximate surface area is 149 Å². The fraction of sp³-hybridized carbons (Fsp3) is 0.250. The monoisotopic (exact) mass is 368 g/mol. The number of anilines is 2. The highest BCUT2D eigenvalue weighted by Crippen LogP contribution is 2.29. The molecule has 0 radical (unpaired) electrons. The van der Waals surface area contributed by atoms with Crippen LogP contribution >= 0.6 is 35.2 Å². The smallest absolute Gasteiger partial charge is 0.341 e. The summed E-state index contributed by atoms with van der Waals surface area (Å²) in [5, 5.41) is 7.81. The molecule has 2 rings (SSSR count). The molecule has 0 aliphatic rings. The fourth-order valence-corrected chi connectivity index (χ4v) is 3.36. The van der Waals surface area contributed by atoms with Crippen molar-refractivity contribution in [3.05, 3.63) is 45.8 Å². The number of thiocarbonyl (C=S) groups is 1. The SMILES string of the molecule is CCOC(=O)c1cc(CC)sc1NC(=S)Nc1cccc(Cl)c1. The minimum atomic E-state index is -0.350. The molecular formula is C16H17ClN2O2S2. The molecule has 7 heteroatoms. The highest BCUT2D eigenvalue weighted by Gasteiger charge is 2.17. The van der Waals surface area contributed by atoms with Gasteiger partial charge in [0.25, 0.3) is 0 Å². The third-order valence-corrected chi connectivity index (χ3v) is 4.57. The van der Waals surface area contributed by atoms with Gasteiger partial charge < -0.3 is 15.4 Å². The minimum Gasteiger partial charge on any atom is -0.462 e. The van der Waals surface area contributed by atoms with E-state index in [1.165, 1.54) is 11.3 Å². The van der Waals surface area contributed by atoms with Crippen LogP contribution in [0.1, 0.15) is 29.1 Å². The summed E-state index contributed by atoms with van der Waals surface area (Å²) >= 11 is 12.7. The van der Waals surface area contributed by atoms with Gasteiger partial charge >= 0.3 is 5.97 Å². The molecule has 2 aromatic rings. The second kappa shape index (κ2) is 8.29. The highest BCUT2D eigenvalue weighted by atomic mass is 35.5. The van der Waals surface area contributed by atoms with E-state index >= 15 is 0 Å². The number of esters is 1. The van der Waals surface area contributed by atoms with Crippen molar-refractivity contribution >= 4 is 56.9 Å². The summed E-state index contributed by atoms with van der Waals surface area (Å²) in [6.45, 7) is 4.15. The standard InChI is InChI=1S/C16H17ClN2O2S2/c1-3-12-9-13(15(20)21-4-2)14(23-12)19-16(22)18-11-7-5-6-10(17)8-11/h5-9H,3-4H2,1-2H3,(H2,18,19,22). The van der Waals surface area contributed by atoms with Gasteiger partial charge in [-0.15, -0.1) is 11.3 Å². The zero-order valence-corrected chi connectivity index (χ0v) is 15.2. The second-order valence-corrected chi connectivity index (χ2v) is 6.60. The number of aryl methyl sites for hydroxylation is 1. The average molecular weight is 369 g/mol. The summed E-state index contributed by atoms with van der Waals surface area (Å²) in [5.74, 6) is -0.350. The Kier molecular flexibility index (Phi) is 6.38. The molecule has 23 heavy (non-hydrogen) atoms. The van der Waals surface area contributed by atoms with Gasteiger partial charge in [-0.1, -0.05) is 24.6 Å². The molecule has 0 aliphatic carbocycles. The van der Waals surface area contributed by atoms with Crippen LogP contribution in [0, 0.1) is 0 Å². The summed E-state index contributed by atoms with van der Waals surface area (Å²) in [5.41, 5.74) is 1.28. The van der Waals surface area contributed by atoms with E-state index in [0.717, 1.165) is 17.0 Å². The number of carbonyl (C=O) groups excluding carboxylic acids is 1. The first-order valence-corrected chi connectivity index (χ1v) is 8.77. The number of hydrogen-bond acceptors (Lipinski definition) is 4. The lowest BCUT2D eigenvalue weighted by Crippen LogP contribution is -2.20. The van der Waals surface area contributed by atoms with Crippen LogP contribution in [-0.2, 0) is 11.2 Å². The Bertz CT molecular complexity index is 716. The highest BCUT2D eigenvalue weighted by molar-refractivity contribution is 7.80. The number of ether oxygens (including phenoxy) is 1. The molecule has 0 saturated carbocycles. The Hall–Kier alpha value is -1.63. The van der Waals surface area contributed by atoms with Crippen molar-refractivity contribution in [1.29, 1.82) is 0 Å². The lowest BCUT2D eigenvalue weighted by molar-refractivity contribution is 0.0528. The number of halogens is 1. The van der Waals surface area contributed by atoms with Crippen LogP contribution in [0.4, 0.5) is 10.7 Å². The molecule has 2 N–H and O–H groups in total. The first-order chi connectivity index (χ1) is 11.0. The number of carbonyl (C=O) groups is 1. The lowest BCUT2D eigenvalue weighted by Gasteiger charge is -2.10. The predicted molar refractivity (Wildman–Crippen MR) is 101 cm³/mol. The predicted octanol–water partition coefficient (Wildman–Crippen LogP) is 4.95. The Balaban J connectivity index is 2.13. The zero-order chi connectivity index (χ0) is 16.8. The van der Waals surface area contributed by atoms with E-state index in [0.29, 0.717) is 27.3 Å². The van der Waals surface area contributed by atoms with Crippen molar-refractivity contribution in [2.75, 3.05) is 17.2 Å². The zero-order valence-electron chi connectivity index (χ0n) is 12.8. The molecule has 0 spiro atoms. The van der Waals surface area contributed by atoms with E-state index in [1.807, 2.05) is 25.1 Å². The Morgan fingerprint density at radius 2 is 2.09 bits per heavy atom. The number of thiophene rings is 1. The molecule has 0 atom stereocenters. The van der Waals surface area contributed by atoms with E-state index in [1.54, 1.807) is 19.1 Å². The van der Waals surface area contributed by atoms with Crippen LogP contribution in [-0.4, -0.2) is 17.7 Å². The number of benzene rings is 1. The molecule has 0 amide bonds. The van der Waals surface area contributed by atoms with Gasteiger partial charge in [0.15, 0.2) is 5.11 Å². The summed E-state index contributed by atoms with van der Waals surface area (Å²) in [6.07, 6.45) is 0.841. The van der Waals surface area contributed by atoms with E-state index in [4.69, 9.17) is 28.6 Å². The van der Waals surface area contributed by atoms with Crippen molar-refractivity contribution in [2.24, 2.45) is 0 Å². The van der Waals surface area contributed by atoms with Gasteiger partial charge in [-0.3, -0.25) is 0 Å². The van der Waals surface area contributed by atoms with Crippen LogP contribution < -0.4 is 10.6 Å². The van der Waals surface area contributed by atoms with E-state index in [-0.39, 0.29) is 5.97 Å². The molecule has 0 bridgehead atoms. The Morgan fingerprint density at radius 3 is 2.74 bits per heavy atom. The van der Waals surface area contributed by atoms with Crippen molar-refractivity contribution < 1.29 is 9.53 Å². The maximum Gasteiger partial charge on any atom is 0.341 e. The first kappa shape index (κ1) is 17.7. The molecule has 4 nitrogen and oxygen atoms in total. The van der Waals surface area contributed by atoms with Crippen molar-refractivity contribution in [1.82, 2.24) is 0 Å². The maximum absolute atomic E-state index is 12.0. The van der Waals surface area contributed by atoms with Crippen LogP contribution in [0.25, 0.3) is 0 Å².